The molecule has 7 heteroatoms. The van der Waals surface area contributed by atoms with Crippen LogP contribution in [0.25, 0.3) is 0 Å². The van der Waals surface area contributed by atoms with E-state index in [4.69, 9.17) is 11.0 Å². The average Bonchev–Trinajstić information content (AvgIpc) is 3.25. The fourth-order valence-electron chi connectivity index (χ4n) is 5.26. The maximum atomic E-state index is 12.3. The summed E-state index contributed by atoms with van der Waals surface area (Å²) in [5.41, 5.74) is 12.7. The van der Waals surface area contributed by atoms with Gasteiger partial charge in [0.15, 0.2) is 0 Å². The van der Waals surface area contributed by atoms with Crippen molar-refractivity contribution in [2.45, 2.75) is 38.5 Å². The number of carbonyl (C=O) groups is 1. The number of aromatic nitrogens is 2. The number of benzene rings is 2. The Morgan fingerprint density at radius 3 is 1.97 bits per heavy atom. The summed E-state index contributed by atoms with van der Waals surface area (Å²) in [6, 6.07) is 26.4. The number of hydrogen-bond donors (Lipinski definition) is 1. The highest BCUT2D eigenvalue weighted by molar-refractivity contribution is 6.02. The van der Waals surface area contributed by atoms with Crippen molar-refractivity contribution in [3.63, 3.8) is 0 Å². The molecule has 39 heavy (non-hydrogen) atoms. The molecule has 2 aliphatic rings. The van der Waals surface area contributed by atoms with Crippen LogP contribution in [0.3, 0.4) is 0 Å². The van der Waals surface area contributed by atoms with Crippen molar-refractivity contribution in [2.75, 3.05) is 22.9 Å². The zero-order chi connectivity index (χ0) is 27.0. The van der Waals surface area contributed by atoms with Gasteiger partial charge in [0.1, 0.15) is 18.1 Å². The van der Waals surface area contributed by atoms with E-state index >= 15 is 0 Å². The van der Waals surface area contributed by atoms with Gasteiger partial charge < -0.3 is 10.6 Å². The van der Waals surface area contributed by atoms with Crippen molar-refractivity contribution >= 4 is 28.9 Å². The minimum Gasteiger partial charge on any atom is -0.330 e. The molecule has 0 bridgehead atoms. The van der Waals surface area contributed by atoms with Crippen LogP contribution in [0, 0.1) is 11.3 Å². The van der Waals surface area contributed by atoms with E-state index in [2.05, 4.69) is 45.2 Å². The van der Waals surface area contributed by atoms with Crippen LogP contribution < -0.4 is 15.5 Å². The molecule has 0 saturated carbocycles. The number of amides is 1. The van der Waals surface area contributed by atoms with Gasteiger partial charge in [0.2, 0.25) is 5.91 Å². The molecule has 0 aliphatic carbocycles. The molecule has 2 N–H and O–H groups in total. The Balaban J connectivity index is 0.000000158. The van der Waals surface area contributed by atoms with E-state index in [-0.39, 0.29) is 12.3 Å². The van der Waals surface area contributed by atoms with E-state index in [0.717, 1.165) is 61.3 Å². The van der Waals surface area contributed by atoms with Gasteiger partial charge in [-0.05, 0) is 85.2 Å². The Kier molecular flexibility index (Phi) is 8.25. The lowest BCUT2D eigenvalue weighted by molar-refractivity contribution is -0.117. The van der Waals surface area contributed by atoms with E-state index in [0.29, 0.717) is 12.4 Å². The first-order chi connectivity index (χ1) is 19.2. The van der Waals surface area contributed by atoms with E-state index in [1.807, 2.05) is 54.7 Å². The van der Waals surface area contributed by atoms with Crippen LogP contribution in [-0.4, -0.2) is 29.0 Å². The third kappa shape index (κ3) is 5.66. The first-order valence-corrected chi connectivity index (χ1v) is 13.4. The third-order valence-corrected chi connectivity index (χ3v) is 7.11. The highest BCUT2D eigenvalue weighted by Gasteiger charge is 2.26. The third-order valence-electron chi connectivity index (χ3n) is 7.11. The Morgan fingerprint density at radius 1 is 0.769 bits per heavy atom. The molecule has 0 fully saturated rings. The van der Waals surface area contributed by atoms with Crippen LogP contribution in [0.1, 0.15) is 35.1 Å². The molecule has 2 aromatic carbocycles. The molecule has 4 heterocycles. The maximum absolute atomic E-state index is 12.3. The largest absolute Gasteiger partial charge is 0.330 e. The van der Waals surface area contributed by atoms with Crippen molar-refractivity contribution in [1.29, 1.82) is 5.26 Å². The Labute approximate surface area is 229 Å². The summed E-state index contributed by atoms with van der Waals surface area (Å²) in [5, 5.41) is 8.82. The fraction of sp³-hybridized carbons (Fsp3) is 0.250. The number of hydrogen-bond acceptors (Lipinski definition) is 6. The van der Waals surface area contributed by atoms with E-state index in [1.54, 1.807) is 11.1 Å². The van der Waals surface area contributed by atoms with Gasteiger partial charge in [-0.25, -0.2) is 9.97 Å². The van der Waals surface area contributed by atoms with Crippen LogP contribution in [-0.2, 0) is 30.5 Å². The number of nitrogens with zero attached hydrogens (tertiary/aromatic N) is 5. The van der Waals surface area contributed by atoms with Crippen molar-refractivity contribution in [1.82, 2.24) is 9.97 Å². The normalized spacial score (nSPS) is 13.2. The molecule has 2 aliphatic heterocycles. The highest BCUT2D eigenvalue weighted by atomic mass is 16.2. The number of carbonyl (C=O) groups excluding carboxylic acids is 1. The van der Waals surface area contributed by atoms with Crippen molar-refractivity contribution < 1.29 is 4.79 Å². The molecule has 6 rings (SSSR count). The molecule has 4 aromatic rings. The Hall–Kier alpha value is -4.54. The van der Waals surface area contributed by atoms with Crippen molar-refractivity contribution in [3.8, 4) is 6.07 Å². The molecule has 0 radical (unpaired) electrons. The van der Waals surface area contributed by atoms with E-state index in [9.17, 15) is 4.79 Å². The van der Waals surface area contributed by atoms with Crippen molar-refractivity contribution in [3.05, 3.63) is 107 Å². The summed E-state index contributed by atoms with van der Waals surface area (Å²) < 4.78 is 0. The number of fused-ring (bicyclic) bond motifs is 4. The van der Waals surface area contributed by atoms with Gasteiger partial charge in [-0.1, -0.05) is 48.5 Å². The second-order valence-electron chi connectivity index (χ2n) is 9.59. The maximum Gasteiger partial charge on any atom is 0.246 e. The SMILES string of the molecule is N#CCC(=O)N1c2ccccc2CCc2cccnc21.NCCCN1c2ccccc2CCc2cccnc21. The molecule has 0 saturated heterocycles. The Bertz CT molecular complexity index is 1400. The fourth-order valence-corrected chi connectivity index (χ4v) is 5.26. The van der Waals surface area contributed by atoms with Crippen LogP contribution >= 0.6 is 0 Å². The summed E-state index contributed by atoms with van der Waals surface area (Å²) in [5.74, 6) is 1.51. The van der Waals surface area contributed by atoms with Gasteiger partial charge in [-0.15, -0.1) is 0 Å². The van der Waals surface area contributed by atoms with Gasteiger partial charge in [0, 0.05) is 24.6 Å². The lowest BCUT2D eigenvalue weighted by Crippen LogP contribution is -2.27. The van der Waals surface area contributed by atoms with Crippen LogP contribution in [0.5, 0.6) is 0 Å². The zero-order valence-electron chi connectivity index (χ0n) is 22.0. The standard InChI is InChI=1S/C16H13N3O.C16H19N3/c17-10-9-15(20)19-14-6-2-1-4-12(14)7-8-13-5-3-11-18-16(13)19;17-10-4-12-19-15-7-2-1-5-13(15)8-9-14-6-3-11-18-16(14)19/h1-6,11H,7-9H2;1-3,5-7,11H,4,8-10,12,17H2. The highest BCUT2D eigenvalue weighted by Crippen LogP contribution is 2.35. The number of nitriles is 1. The second-order valence-corrected chi connectivity index (χ2v) is 9.59. The first kappa shape index (κ1) is 26.1. The quantitative estimate of drug-likeness (QED) is 0.389. The van der Waals surface area contributed by atoms with Crippen LogP contribution in [0.15, 0.2) is 85.2 Å². The molecule has 0 atom stereocenters. The number of para-hydroxylation sites is 2. The minimum absolute atomic E-state index is 0.148. The smallest absolute Gasteiger partial charge is 0.246 e. The Morgan fingerprint density at radius 2 is 1.31 bits per heavy atom. The van der Waals surface area contributed by atoms with Gasteiger partial charge in [-0.3, -0.25) is 9.69 Å². The zero-order valence-corrected chi connectivity index (χ0v) is 22.0. The van der Waals surface area contributed by atoms with E-state index < -0.39 is 0 Å². The second kappa shape index (κ2) is 12.3. The molecule has 1 amide bonds. The number of nitrogens with two attached hydrogens (primary N) is 1. The monoisotopic (exact) mass is 516 g/mol. The topological polar surface area (TPSA) is 99.1 Å². The molecule has 0 unspecified atom stereocenters. The molecule has 7 nitrogen and oxygen atoms in total. The molecular weight excluding hydrogens is 484 g/mol. The predicted octanol–water partition coefficient (Wildman–Crippen LogP) is 5.43. The lowest BCUT2D eigenvalue weighted by Gasteiger charge is -2.25. The molecular formula is C32H32N6O. The number of aryl methyl sites for hydroxylation is 4. The number of pyridine rings is 2. The summed E-state index contributed by atoms with van der Waals surface area (Å²) >= 11 is 0. The summed E-state index contributed by atoms with van der Waals surface area (Å²) in [6.45, 7) is 1.64. The molecule has 2 aromatic heterocycles. The summed E-state index contributed by atoms with van der Waals surface area (Å²) in [6.07, 6.45) is 8.23. The number of rotatable bonds is 4. The van der Waals surface area contributed by atoms with Gasteiger partial charge in [0.05, 0.1) is 11.8 Å². The predicted molar refractivity (Wildman–Crippen MR) is 154 cm³/mol. The summed E-state index contributed by atoms with van der Waals surface area (Å²) in [4.78, 5) is 25.2. The van der Waals surface area contributed by atoms with Crippen LogP contribution in [0.2, 0.25) is 0 Å². The van der Waals surface area contributed by atoms with Gasteiger partial charge in [0.25, 0.3) is 0 Å². The molecule has 0 spiro atoms. The first-order valence-electron chi connectivity index (χ1n) is 13.4. The van der Waals surface area contributed by atoms with E-state index in [1.165, 1.54) is 16.8 Å². The van der Waals surface area contributed by atoms with Crippen LogP contribution in [0.4, 0.5) is 23.0 Å². The van der Waals surface area contributed by atoms with Gasteiger partial charge in [-0.2, -0.15) is 5.26 Å². The minimum atomic E-state index is -0.234. The average molecular weight is 517 g/mol. The van der Waals surface area contributed by atoms with Crippen molar-refractivity contribution in [2.24, 2.45) is 5.73 Å². The van der Waals surface area contributed by atoms with Gasteiger partial charge >= 0.3 is 0 Å². The molecule has 196 valence electrons. The lowest BCUT2D eigenvalue weighted by atomic mass is 10.1. The number of anilines is 4. The summed E-state index contributed by atoms with van der Waals surface area (Å²) in [7, 11) is 0.